The van der Waals surface area contributed by atoms with Gasteiger partial charge in [0.05, 0.1) is 5.69 Å². The highest BCUT2D eigenvalue weighted by atomic mass is 32.1. The summed E-state index contributed by atoms with van der Waals surface area (Å²) in [7, 11) is 4.24. The first-order valence-electron chi connectivity index (χ1n) is 7.60. The molecule has 0 aromatic carbocycles. The highest BCUT2D eigenvalue weighted by molar-refractivity contribution is 7.15. The Bertz CT molecular complexity index is 424. The monoisotopic (exact) mass is 296 g/mol. The fourth-order valence-electron chi connectivity index (χ4n) is 2.33. The molecule has 1 aliphatic rings. The third-order valence-electron chi connectivity index (χ3n) is 3.54. The number of nitrogens with zero attached hydrogens (tertiary/aromatic N) is 3. The second kappa shape index (κ2) is 6.87. The Kier molecular flexibility index (Phi) is 5.41. The van der Waals surface area contributed by atoms with Crippen molar-refractivity contribution in [2.24, 2.45) is 11.7 Å². The van der Waals surface area contributed by atoms with Crippen molar-refractivity contribution in [3.63, 3.8) is 0 Å². The van der Waals surface area contributed by atoms with Gasteiger partial charge in [0.1, 0.15) is 0 Å². The van der Waals surface area contributed by atoms with E-state index in [1.54, 1.807) is 11.3 Å². The van der Waals surface area contributed by atoms with E-state index in [9.17, 15) is 0 Å². The first-order chi connectivity index (χ1) is 9.51. The van der Waals surface area contributed by atoms with E-state index in [2.05, 4.69) is 37.7 Å². The molecule has 1 aromatic heterocycles. The number of hydrogen-bond donors (Lipinski definition) is 1. The van der Waals surface area contributed by atoms with Gasteiger partial charge < -0.3 is 15.5 Å². The number of rotatable bonds is 8. The molecule has 1 aromatic rings. The summed E-state index contributed by atoms with van der Waals surface area (Å²) in [6.07, 6.45) is 2.58. The molecule has 4 nitrogen and oxygen atoms in total. The summed E-state index contributed by atoms with van der Waals surface area (Å²) < 4.78 is 0. The van der Waals surface area contributed by atoms with Crippen LogP contribution in [0, 0.1) is 5.92 Å². The van der Waals surface area contributed by atoms with Crippen molar-refractivity contribution in [3.05, 3.63) is 10.6 Å². The molecular weight excluding hydrogens is 268 g/mol. The van der Waals surface area contributed by atoms with Crippen LogP contribution in [0.15, 0.2) is 0 Å². The molecule has 20 heavy (non-hydrogen) atoms. The average molecular weight is 296 g/mol. The quantitative estimate of drug-likeness (QED) is 0.800. The molecule has 0 aliphatic heterocycles. The zero-order valence-corrected chi connectivity index (χ0v) is 14.0. The van der Waals surface area contributed by atoms with E-state index in [1.807, 2.05) is 0 Å². The van der Waals surface area contributed by atoms with Crippen LogP contribution in [0.2, 0.25) is 0 Å². The molecule has 0 saturated heterocycles. The Morgan fingerprint density at radius 1 is 1.30 bits per heavy atom. The van der Waals surface area contributed by atoms with Gasteiger partial charge in [-0.15, -0.1) is 11.3 Å². The number of likely N-dealkylation sites (N-methyl/N-ethyl adjacent to an activating group) is 1. The Morgan fingerprint density at radius 2 is 2.00 bits per heavy atom. The SMILES string of the molecule is CC(C)CN(CCN(C)C)c1nc(C2CC2)c(CN)s1. The zero-order valence-electron chi connectivity index (χ0n) is 13.2. The first kappa shape index (κ1) is 15.7. The highest BCUT2D eigenvalue weighted by Gasteiger charge is 2.30. The lowest BCUT2D eigenvalue weighted by Gasteiger charge is -2.25. The zero-order chi connectivity index (χ0) is 14.7. The minimum absolute atomic E-state index is 0.632. The number of hydrogen-bond acceptors (Lipinski definition) is 5. The van der Waals surface area contributed by atoms with Crippen LogP contribution < -0.4 is 10.6 Å². The maximum Gasteiger partial charge on any atom is 0.185 e. The van der Waals surface area contributed by atoms with Crippen molar-refractivity contribution >= 4 is 16.5 Å². The van der Waals surface area contributed by atoms with Crippen LogP contribution in [0.25, 0.3) is 0 Å². The Morgan fingerprint density at radius 3 is 2.50 bits per heavy atom. The number of thiazole rings is 1. The second-order valence-corrected chi connectivity index (χ2v) is 7.49. The first-order valence-corrected chi connectivity index (χ1v) is 8.42. The highest BCUT2D eigenvalue weighted by Crippen LogP contribution is 2.44. The molecule has 1 fully saturated rings. The van der Waals surface area contributed by atoms with Gasteiger partial charge in [-0.05, 0) is 32.9 Å². The van der Waals surface area contributed by atoms with Gasteiger partial charge in [0.15, 0.2) is 5.13 Å². The summed E-state index contributed by atoms with van der Waals surface area (Å²) in [5.74, 6) is 1.33. The summed E-state index contributed by atoms with van der Waals surface area (Å²) in [5, 5.41) is 1.17. The summed E-state index contributed by atoms with van der Waals surface area (Å²) >= 11 is 1.80. The van der Waals surface area contributed by atoms with E-state index >= 15 is 0 Å². The van der Waals surface area contributed by atoms with Crippen LogP contribution in [0.1, 0.15) is 43.2 Å². The minimum Gasteiger partial charge on any atom is -0.347 e. The topological polar surface area (TPSA) is 45.4 Å². The van der Waals surface area contributed by atoms with E-state index in [1.165, 1.54) is 28.5 Å². The predicted octanol–water partition coefficient (Wildman–Crippen LogP) is 2.50. The van der Waals surface area contributed by atoms with Gasteiger partial charge in [-0.1, -0.05) is 13.8 Å². The molecule has 0 spiro atoms. The second-order valence-electron chi connectivity index (χ2n) is 6.43. The third kappa shape index (κ3) is 4.17. The van der Waals surface area contributed by atoms with Crippen LogP contribution in [0.5, 0.6) is 0 Å². The summed E-state index contributed by atoms with van der Waals surface area (Å²) in [6.45, 7) is 8.32. The largest absolute Gasteiger partial charge is 0.347 e. The molecule has 0 bridgehead atoms. The molecule has 0 unspecified atom stereocenters. The van der Waals surface area contributed by atoms with Crippen LogP contribution in [0.3, 0.4) is 0 Å². The smallest absolute Gasteiger partial charge is 0.185 e. The van der Waals surface area contributed by atoms with E-state index < -0.39 is 0 Å². The van der Waals surface area contributed by atoms with Gasteiger partial charge in [-0.25, -0.2) is 4.98 Å². The van der Waals surface area contributed by atoms with Crippen molar-refractivity contribution in [1.82, 2.24) is 9.88 Å². The van der Waals surface area contributed by atoms with Crippen molar-refractivity contribution in [1.29, 1.82) is 0 Å². The minimum atomic E-state index is 0.632. The molecule has 5 heteroatoms. The Labute approximate surface area is 127 Å². The number of aromatic nitrogens is 1. The molecule has 0 radical (unpaired) electrons. The van der Waals surface area contributed by atoms with Crippen molar-refractivity contribution in [2.45, 2.75) is 39.2 Å². The summed E-state index contributed by atoms with van der Waals surface area (Å²) in [5.41, 5.74) is 7.18. The van der Waals surface area contributed by atoms with Crippen molar-refractivity contribution in [3.8, 4) is 0 Å². The fourth-order valence-corrected chi connectivity index (χ4v) is 3.39. The molecule has 2 N–H and O–H groups in total. The lowest BCUT2D eigenvalue weighted by atomic mass is 10.2. The van der Waals surface area contributed by atoms with Gasteiger partial charge in [0.2, 0.25) is 0 Å². The van der Waals surface area contributed by atoms with Crippen LogP contribution in [-0.2, 0) is 6.54 Å². The normalized spacial score (nSPS) is 15.3. The number of nitrogens with two attached hydrogens (primary N) is 1. The lowest BCUT2D eigenvalue weighted by Crippen LogP contribution is -2.34. The molecule has 0 atom stereocenters. The van der Waals surface area contributed by atoms with Crippen LogP contribution in [0.4, 0.5) is 5.13 Å². The van der Waals surface area contributed by atoms with Gasteiger partial charge >= 0.3 is 0 Å². The maximum atomic E-state index is 5.90. The Balaban J connectivity index is 2.14. The van der Waals surface area contributed by atoms with Crippen molar-refractivity contribution < 1.29 is 0 Å². The predicted molar refractivity (Wildman–Crippen MR) is 87.6 cm³/mol. The molecule has 1 saturated carbocycles. The summed E-state index contributed by atoms with van der Waals surface area (Å²) in [4.78, 5) is 10.9. The van der Waals surface area contributed by atoms with Gasteiger partial charge in [-0.2, -0.15) is 0 Å². The van der Waals surface area contributed by atoms with E-state index in [0.717, 1.165) is 19.6 Å². The molecule has 1 heterocycles. The number of anilines is 1. The van der Waals surface area contributed by atoms with E-state index in [-0.39, 0.29) is 0 Å². The van der Waals surface area contributed by atoms with Crippen LogP contribution >= 0.6 is 11.3 Å². The van der Waals surface area contributed by atoms with Crippen molar-refractivity contribution in [2.75, 3.05) is 38.6 Å². The Hall–Kier alpha value is -0.650. The van der Waals surface area contributed by atoms with Gasteiger partial charge in [0, 0.05) is 37.0 Å². The van der Waals surface area contributed by atoms with Gasteiger partial charge in [0.25, 0.3) is 0 Å². The molecule has 0 amide bonds. The third-order valence-corrected chi connectivity index (χ3v) is 4.69. The molecule has 114 valence electrons. The molecule has 1 aliphatic carbocycles. The fraction of sp³-hybridized carbons (Fsp3) is 0.800. The standard InChI is InChI=1S/C15H28N4S/c1-11(2)10-19(8-7-18(3)4)15-17-14(12-5-6-12)13(9-16)20-15/h11-12H,5-10,16H2,1-4H3. The average Bonchev–Trinajstić information content (AvgIpc) is 3.13. The molecular formula is C15H28N4S. The maximum absolute atomic E-state index is 5.90. The van der Waals surface area contributed by atoms with Crippen LogP contribution in [-0.4, -0.2) is 43.6 Å². The van der Waals surface area contributed by atoms with Gasteiger partial charge in [-0.3, -0.25) is 0 Å². The summed E-state index contributed by atoms with van der Waals surface area (Å²) in [6, 6.07) is 0. The van der Waals surface area contributed by atoms with E-state index in [0.29, 0.717) is 18.4 Å². The lowest BCUT2D eigenvalue weighted by molar-refractivity contribution is 0.409. The molecule has 2 rings (SSSR count). The van der Waals surface area contributed by atoms with E-state index in [4.69, 9.17) is 10.7 Å².